The van der Waals surface area contributed by atoms with Gasteiger partial charge in [-0.15, -0.1) is 5.10 Å². The van der Waals surface area contributed by atoms with Gasteiger partial charge in [-0.2, -0.15) is 0 Å². The molecule has 0 bridgehead atoms. The minimum Gasteiger partial charge on any atom is -0.395 e. The lowest BCUT2D eigenvalue weighted by Gasteiger charge is -2.05. The van der Waals surface area contributed by atoms with Gasteiger partial charge in [-0.05, 0) is 23.2 Å². The van der Waals surface area contributed by atoms with Gasteiger partial charge < -0.3 is 10.4 Å². The predicted molar refractivity (Wildman–Crippen MR) is 76.1 cm³/mol. The number of benzene rings is 1. The normalized spacial score (nSPS) is 9.65. The Morgan fingerprint density at radius 2 is 2.25 bits per heavy atom. The quantitative estimate of drug-likeness (QED) is 0.829. The van der Waals surface area contributed by atoms with Crippen molar-refractivity contribution < 1.29 is 9.90 Å². The van der Waals surface area contributed by atoms with Gasteiger partial charge in [-0.25, -0.2) is 0 Å². The molecular formula is C14H13N3O2S. The molecule has 20 heavy (non-hydrogen) atoms. The molecule has 0 saturated carbocycles. The van der Waals surface area contributed by atoms with E-state index in [0.29, 0.717) is 17.8 Å². The first-order chi connectivity index (χ1) is 9.81. The van der Waals surface area contributed by atoms with Crippen molar-refractivity contribution in [1.82, 2.24) is 14.9 Å². The Bertz CT molecular complexity index is 629. The van der Waals surface area contributed by atoms with Gasteiger partial charge in [0, 0.05) is 18.5 Å². The second-order valence-electron chi connectivity index (χ2n) is 3.90. The van der Waals surface area contributed by atoms with Gasteiger partial charge in [0.15, 0.2) is 0 Å². The van der Waals surface area contributed by atoms with E-state index in [1.54, 1.807) is 0 Å². The second kappa shape index (κ2) is 7.38. The summed E-state index contributed by atoms with van der Waals surface area (Å²) < 4.78 is 3.65. The number of aliphatic hydroxyl groups excluding tert-OH is 1. The Labute approximate surface area is 120 Å². The van der Waals surface area contributed by atoms with Crippen molar-refractivity contribution in [2.24, 2.45) is 0 Å². The summed E-state index contributed by atoms with van der Waals surface area (Å²) in [4.78, 5) is 12.3. The lowest BCUT2D eigenvalue weighted by molar-refractivity contribution is 0.0954. The van der Waals surface area contributed by atoms with Crippen LogP contribution in [0, 0.1) is 11.8 Å². The number of nitrogens with one attached hydrogen (secondary N) is 1. The molecule has 1 amide bonds. The van der Waals surface area contributed by atoms with Crippen LogP contribution in [0.2, 0.25) is 0 Å². The standard InChI is InChI=1S/C14H13N3O2S/c18-8-4-3-6-11-5-1-2-7-12(11)9-15-14(19)13-10-16-17-20-13/h1-2,5,7,10,18H,4,8-9H2,(H,15,19). The van der Waals surface area contributed by atoms with Crippen molar-refractivity contribution in [3.8, 4) is 11.8 Å². The molecule has 0 unspecified atom stereocenters. The first-order valence-corrected chi connectivity index (χ1v) is 6.82. The number of hydrogen-bond acceptors (Lipinski definition) is 5. The topological polar surface area (TPSA) is 75.1 Å². The van der Waals surface area contributed by atoms with Crippen LogP contribution in [0.4, 0.5) is 0 Å². The Balaban J connectivity index is 2.03. The van der Waals surface area contributed by atoms with E-state index in [2.05, 4.69) is 26.7 Å². The van der Waals surface area contributed by atoms with Crippen LogP contribution in [0.25, 0.3) is 0 Å². The predicted octanol–water partition coefficient (Wildman–Crippen LogP) is 1.20. The van der Waals surface area contributed by atoms with E-state index in [0.717, 1.165) is 22.7 Å². The molecule has 2 N–H and O–H groups in total. The number of amides is 1. The molecule has 6 heteroatoms. The molecule has 0 aliphatic rings. The van der Waals surface area contributed by atoms with Gasteiger partial charge in [-0.1, -0.05) is 34.5 Å². The molecule has 102 valence electrons. The van der Waals surface area contributed by atoms with E-state index in [-0.39, 0.29) is 12.5 Å². The van der Waals surface area contributed by atoms with Crippen LogP contribution in [0.1, 0.15) is 27.2 Å². The van der Waals surface area contributed by atoms with E-state index in [1.165, 1.54) is 6.20 Å². The van der Waals surface area contributed by atoms with Crippen molar-refractivity contribution in [3.63, 3.8) is 0 Å². The molecule has 1 aromatic carbocycles. The number of aromatic nitrogens is 2. The fourth-order valence-electron chi connectivity index (χ4n) is 1.54. The average Bonchev–Trinajstić information content (AvgIpc) is 3.00. The highest BCUT2D eigenvalue weighted by Gasteiger charge is 2.08. The lowest BCUT2D eigenvalue weighted by Crippen LogP contribution is -2.22. The van der Waals surface area contributed by atoms with Crippen LogP contribution < -0.4 is 5.32 Å². The zero-order valence-electron chi connectivity index (χ0n) is 10.7. The number of nitrogens with zero attached hydrogens (tertiary/aromatic N) is 2. The molecule has 0 aliphatic carbocycles. The van der Waals surface area contributed by atoms with E-state index < -0.39 is 0 Å². The summed E-state index contributed by atoms with van der Waals surface area (Å²) in [5, 5.41) is 15.2. The molecule has 0 radical (unpaired) electrons. The molecule has 0 atom stereocenters. The summed E-state index contributed by atoms with van der Waals surface area (Å²) in [6.07, 6.45) is 1.88. The molecule has 2 rings (SSSR count). The van der Waals surface area contributed by atoms with E-state index in [1.807, 2.05) is 24.3 Å². The number of rotatable bonds is 4. The summed E-state index contributed by atoms with van der Waals surface area (Å²) >= 11 is 1.06. The van der Waals surface area contributed by atoms with Gasteiger partial charge >= 0.3 is 0 Å². The highest BCUT2D eigenvalue weighted by atomic mass is 32.1. The van der Waals surface area contributed by atoms with Crippen LogP contribution in [-0.2, 0) is 6.54 Å². The summed E-state index contributed by atoms with van der Waals surface area (Å²) in [6, 6.07) is 7.59. The molecular weight excluding hydrogens is 274 g/mol. The molecule has 0 aliphatic heterocycles. The smallest absolute Gasteiger partial charge is 0.264 e. The molecule has 0 saturated heterocycles. The first kappa shape index (κ1) is 14.2. The van der Waals surface area contributed by atoms with Crippen LogP contribution in [0.5, 0.6) is 0 Å². The summed E-state index contributed by atoms with van der Waals surface area (Å²) in [5.41, 5.74) is 1.78. The maximum atomic E-state index is 11.8. The van der Waals surface area contributed by atoms with Crippen molar-refractivity contribution in [1.29, 1.82) is 0 Å². The lowest BCUT2D eigenvalue weighted by atomic mass is 10.1. The third-order valence-electron chi connectivity index (χ3n) is 2.50. The fourth-order valence-corrected chi connectivity index (χ4v) is 1.97. The minimum absolute atomic E-state index is 0.0459. The number of hydrogen-bond donors (Lipinski definition) is 2. The zero-order chi connectivity index (χ0) is 14.2. The third-order valence-corrected chi connectivity index (χ3v) is 3.17. The van der Waals surface area contributed by atoms with Gasteiger partial charge in [0.25, 0.3) is 5.91 Å². The number of aliphatic hydroxyl groups is 1. The van der Waals surface area contributed by atoms with Crippen LogP contribution in [0.3, 0.4) is 0 Å². The largest absolute Gasteiger partial charge is 0.395 e. The average molecular weight is 287 g/mol. The van der Waals surface area contributed by atoms with Crippen LogP contribution in [-0.4, -0.2) is 27.2 Å². The summed E-state index contributed by atoms with van der Waals surface area (Å²) in [6.45, 7) is 0.436. The molecule has 2 aromatic rings. The van der Waals surface area contributed by atoms with Gasteiger partial charge in [0.05, 0.1) is 12.8 Å². The number of carbonyl (C=O) groups is 1. The van der Waals surface area contributed by atoms with Crippen molar-refractivity contribution in [2.75, 3.05) is 6.61 Å². The van der Waals surface area contributed by atoms with Gasteiger partial charge in [0.1, 0.15) is 4.88 Å². The summed E-state index contributed by atoms with van der Waals surface area (Å²) in [7, 11) is 0. The monoisotopic (exact) mass is 287 g/mol. The van der Waals surface area contributed by atoms with Crippen LogP contribution in [0.15, 0.2) is 30.5 Å². The highest BCUT2D eigenvalue weighted by Crippen LogP contribution is 2.08. The second-order valence-corrected chi connectivity index (χ2v) is 4.68. The molecule has 1 heterocycles. The highest BCUT2D eigenvalue weighted by molar-refractivity contribution is 7.07. The Morgan fingerprint density at radius 1 is 1.40 bits per heavy atom. The van der Waals surface area contributed by atoms with Gasteiger partial charge in [-0.3, -0.25) is 4.79 Å². The fraction of sp³-hybridized carbons (Fsp3) is 0.214. The SMILES string of the molecule is O=C(NCc1ccccc1C#CCCO)c1cnns1. The Morgan fingerprint density at radius 3 is 3.00 bits per heavy atom. The van der Waals surface area contributed by atoms with E-state index in [4.69, 9.17) is 5.11 Å². The Kier molecular flexibility index (Phi) is 5.24. The molecule has 0 fully saturated rings. The van der Waals surface area contributed by atoms with Crippen molar-refractivity contribution in [2.45, 2.75) is 13.0 Å². The summed E-state index contributed by atoms with van der Waals surface area (Å²) in [5.74, 6) is 5.67. The zero-order valence-corrected chi connectivity index (χ0v) is 11.5. The van der Waals surface area contributed by atoms with Gasteiger partial charge in [0.2, 0.25) is 0 Å². The third kappa shape index (κ3) is 3.88. The minimum atomic E-state index is -0.196. The molecule has 5 nitrogen and oxygen atoms in total. The number of carbonyl (C=O) groups excluding carboxylic acids is 1. The van der Waals surface area contributed by atoms with Crippen molar-refractivity contribution >= 4 is 17.4 Å². The van der Waals surface area contributed by atoms with E-state index in [9.17, 15) is 4.79 Å². The van der Waals surface area contributed by atoms with E-state index >= 15 is 0 Å². The molecule has 1 aromatic heterocycles. The first-order valence-electron chi connectivity index (χ1n) is 6.04. The maximum Gasteiger partial charge on any atom is 0.264 e. The Hall–Kier alpha value is -2.23. The van der Waals surface area contributed by atoms with Crippen LogP contribution >= 0.6 is 11.5 Å². The maximum absolute atomic E-state index is 11.8. The molecule has 0 spiro atoms. The van der Waals surface area contributed by atoms with Crippen molar-refractivity contribution in [3.05, 3.63) is 46.5 Å².